The maximum atomic E-state index is 12.9. The summed E-state index contributed by atoms with van der Waals surface area (Å²) >= 11 is 6.08. The molecule has 2 aromatic rings. The number of hydrogen-bond donors (Lipinski definition) is 3. The molecule has 2 atom stereocenters. The lowest BCUT2D eigenvalue weighted by Crippen LogP contribution is -2.49. The van der Waals surface area contributed by atoms with Crippen LogP contribution >= 0.6 is 11.6 Å². The van der Waals surface area contributed by atoms with Gasteiger partial charge in [0.05, 0.1) is 0 Å². The van der Waals surface area contributed by atoms with Gasteiger partial charge in [-0.05, 0) is 55.5 Å². The number of likely N-dealkylation sites (tertiary alicyclic amines) is 1. The number of aryl methyl sites for hydroxylation is 1. The molecule has 1 aromatic heterocycles. The Bertz CT molecular complexity index is 912. The lowest BCUT2D eigenvalue weighted by Gasteiger charge is -2.32. The average molecular weight is 428 g/mol. The van der Waals surface area contributed by atoms with E-state index in [0.29, 0.717) is 43.2 Å². The van der Waals surface area contributed by atoms with E-state index in [9.17, 15) is 9.59 Å². The summed E-state index contributed by atoms with van der Waals surface area (Å²) in [6, 6.07) is 11.2. The molecule has 8 heteroatoms. The zero-order valence-corrected chi connectivity index (χ0v) is 17.7. The number of rotatable bonds is 4. The number of halogens is 1. The number of carbonyl (C=O) groups excluding carboxylic acids is 2. The Kier molecular flexibility index (Phi) is 6.32. The second kappa shape index (κ2) is 9.12. The lowest BCUT2D eigenvalue weighted by atomic mass is 9.94. The molecule has 2 amide bonds. The van der Waals surface area contributed by atoms with Crippen LogP contribution in [0.4, 0.5) is 5.82 Å². The Hall–Kier alpha value is -2.48. The van der Waals surface area contributed by atoms with Crippen LogP contribution in [0.25, 0.3) is 0 Å². The fourth-order valence-electron chi connectivity index (χ4n) is 4.01. The number of piperidine rings is 1. The first-order valence-corrected chi connectivity index (χ1v) is 10.7. The Labute approximate surface area is 181 Å². The third-order valence-electron chi connectivity index (χ3n) is 5.79. The summed E-state index contributed by atoms with van der Waals surface area (Å²) in [6.07, 6.45) is 3.71. The number of anilines is 1. The molecule has 0 spiro atoms. The normalized spacial score (nSPS) is 22.1. The number of nitrogens with one attached hydrogen (secondary N) is 3. The molecule has 2 saturated heterocycles. The predicted octanol–water partition coefficient (Wildman–Crippen LogP) is 2.83. The quantitative estimate of drug-likeness (QED) is 0.698. The van der Waals surface area contributed by atoms with Crippen LogP contribution in [0.15, 0.2) is 42.6 Å². The van der Waals surface area contributed by atoms with E-state index in [4.69, 9.17) is 11.6 Å². The lowest BCUT2D eigenvalue weighted by molar-refractivity contribution is -0.136. The van der Waals surface area contributed by atoms with E-state index in [-0.39, 0.29) is 29.8 Å². The second-order valence-electron chi connectivity index (χ2n) is 7.99. The minimum absolute atomic E-state index is 0.0277. The first kappa shape index (κ1) is 20.8. The molecule has 4 rings (SSSR count). The third kappa shape index (κ3) is 4.80. The summed E-state index contributed by atoms with van der Waals surface area (Å²) in [5.74, 6) is 0.509. The summed E-state index contributed by atoms with van der Waals surface area (Å²) in [6.45, 7) is 3.12. The SMILES string of the molecule is Cc1ccc(NC(=O)C2CCN(C(=O)C3CC(c4cccc(Cl)c4)NN3)CC2)nc1. The van der Waals surface area contributed by atoms with Gasteiger partial charge in [-0.2, -0.15) is 0 Å². The van der Waals surface area contributed by atoms with E-state index in [0.717, 1.165) is 11.1 Å². The highest BCUT2D eigenvalue weighted by Gasteiger charge is 2.35. The molecule has 0 aliphatic carbocycles. The predicted molar refractivity (Wildman–Crippen MR) is 116 cm³/mol. The molecule has 2 fully saturated rings. The average Bonchev–Trinajstić information content (AvgIpc) is 3.25. The van der Waals surface area contributed by atoms with Gasteiger partial charge in [0.15, 0.2) is 0 Å². The van der Waals surface area contributed by atoms with Crippen LogP contribution in [-0.4, -0.2) is 40.8 Å². The Balaban J connectivity index is 1.27. The number of nitrogens with zero attached hydrogens (tertiary/aromatic N) is 2. The molecule has 3 heterocycles. The molecule has 0 saturated carbocycles. The fraction of sp³-hybridized carbons (Fsp3) is 0.409. The highest BCUT2D eigenvalue weighted by atomic mass is 35.5. The van der Waals surface area contributed by atoms with Crippen molar-refractivity contribution < 1.29 is 9.59 Å². The zero-order valence-electron chi connectivity index (χ0n) is 16.9. The summed E-state index contributed by atoms with van der Waals surface area (Å²) < 4.78 is 0. The number of benzene rings is 1. The van der Waals surface area contributed by atoms with Gasteiger partial charge >= 0.3 is 0 Å². The molecule has 158 valence electrons. The van der Waals surface area contributed by atoms with Crippen molar-refractivity contribution in [3.8, 4) is 0 Å². The number of amides is 2. The first-order chi connectivity index (χ1) is 14.5. The fourth-order valence-corrected chi connectivity index (χ4v) is 4.21. The van der Waals surface area contributed by atoms with Crippen LogP contribution in [0, 0.1) is 12.8 Å². The third-order valence-corrected chi connectivity index (χ3v) is 6.03. The van der Waals surface area contributed by atoms with E-state index in [1.807, 2.05) is 42.2 Å². The van der Waals surface area contributed by atoms with Crippen molar-refractivity contribution in [2.45, 2.75) is 38.3 Å². The van der Waals surface area contributed by atoms with Crippen molar-refractivity contribution in [3.63, 3.8) is 0 Å². The van der Waals surface area contributed by atoms with Crippen molar-refractivity contribution >= 4 is 29.2 Å². The number of hydrazine groups is 1. The van der Waals surface area contributed by atoms with E-state index >= 15 is 0 Å². The van der Waals surface area contributed by atoms with Crippen LogP contribution < -0.4 is 16.2 Å². The van der Waals surface area contributed by atoms with Crippen molar-refractivity contribution in [1.29, 1.82) is 0 Å². The molecular weight excluding hydrogens is 402 g/mol. The van der Waals surface area contributed by atoms with Crippen molar-refractivity contribution in [1.82, 2.24) is 20.7 Å². The monoisotopic (exact) mass is 427 g/mol. The van der Waals surface area contributed by atoms with E-state index in [1.165, 1.54) is 0 Å². The summed E-state index contributed by atoms with van der Waals surface area (Å²) in [4.78, 5) is 31.5. The van der Waals surface area contributed by atoms with Crippen LogP contribution in [0.2, 0.25) is 5.02 Å². The Morgan fingerprint density at radius 3 is 2.67 bits per heavy atom. The molecular formula is C22H26ClN5O2. The van der Waals surface area contributed by atoms with E-state index < -0.39 is 0 Å². The van der Waals surface area contributed by atoms with Gasteiger partial charge in [-0.25, -0.2) is 15.8 Å². The van der Waals surface area contributed by atoms with Gasteiger partial charge in [0.25, 0.3) is 0 Å². The largest absolute Gasteiger partial charge is 0.341 e. The molecule has 0 bridgehead atoms. The maximum Gasteiger partial charge on any atom is 0.241 e. The number of carbonyl (C=O) groups is 2. The van der Waals surface area contributed by atoms with Crippen LogP contribution in [0.5, 0.6) is 0 Å². The van der Waals surface area contributed by atoms with Gasteiger partial charge in [0.1, 0.15) is 11.9 Å². The molecule has 30 heavy (non-hydrogen) atoms. The molecule has 2 aliphatic heterocycles. The molecule has 2 aliphatic rings. The summed E-state index contributed by atoms with van der Waals surface area (Å²) in [5, 5.41) is 3.57. The Morgan fingerprint density at radius 2 is 1.97 bits per heavy atom. The van der Waals surface area contributed by atoms with Crippen molar-refractivity contribution in [2.75, 3.05) is 18.4 Å². The molecule has 0 radical (unpaired) electrons. The Morgan fingerprint density at radius 1 is 1.17 bits per heavy atom. The van der Waals surface area contributed by atoms with Crippen molar-refractivity contribution in [2.24, 2.45) is 5.92 Å². The van der Waals surface area contributed by atoms with E-state index in [1.54, 1.807) is 12.3 Å². The van der Waals surface area contributed by atoms with Crippen molar-refractivity contribution in [3.05, 3.63) is 58.7 Å². The van der Waals surface area contributed by atoms with Crippen LogP contribution in [0.3, 0.4) is 0 Å². The minimum Gasteiger partial charge on any atom is -0.341 e. The highest BCUT2D eigenvalue weighted by molar-refractivity contribution is 6.30. The zero-order chi connectivity index (χ0) is 21.1. The van der Waals surface area contributed by atoms with Gasteiger partial charge in [0.2, 0.25) is 11.8 Å². The highest BCUT2D eigenvalue weighted by Crippen LogP contribution is 2.26. The summed E-state index contributed by atoms with van der Waals surface area (Å²) in [7, 11) is 0. The van der Waals surface area contributed by atoms with Gasteiger partial charge in [-0.3, -0.25) is 9.59 Å². The van der Waals surface area contributed by atoms with Gasteiger partial charge in [-0.1, -0.05) is 29.8 Å². The van der Waals surface area contributed by atoms with Crippen LogP contribution in [-0.2, 0) is 9.59 Å². The number of hydrogen-bond acceptors (Lipinski definition) is 5. The number of pyridine rings is 1. The molecule has 2 unspecified atom stereocenters. The smallest absolute Gasteiger partial charge is 0.241 e. The first-order valence-electron chi connectivity index (χ1n) is 10.3. The maximum absolute atomic E-state index is 12.9. The standard InChI is InChI=1S/C22H26ClN5O2/c1-14-5-6-20(24-13-14)25-21(29)15-7-9-28(10-8-15)22(30)19-12-18(26-27-19)16-3-2-4-17(23)11-16/h2-6,11,13,15,18-19,26-27H,7-10,12H2,1H3,(H,24,25,29). The van der Waals surface area contributed by atoms with Gasteiger partial charge in [0, 0.05) is 36.3 Å². The second-order valence-corrected chi connectivity index (χ2v) is 8.43. The molecule has 3 N–H and O–H groups in total. The molecule has 1 aromatic carbocycles. The number of aromatic nitrogens is 1. The van der Waals surface area contributed by atoms with E-state index in [2.05, 4.69) is 21.2 Å². The van der Waals surface area contributed by atoms with Gasteiger partial charge < -0.3 is 10.2 Å². The molecule has 7 nitrogen and oxygen atoms in total. The minimum atomic E-state index is -0.281. The van der Waals surface area contributed by atoms with Crippen LogP contribution in [0.1, 0.15) is 36.4 Å². The topological polar surface area (TPSA) is 86.4 Å². The van der Waals surface area contributed by atoms with Gasteiger partial charge in [-0.15, -0.1) is 0 Å². The summed E-state index contributed by atoms with van der Waals surface area (Å²) in [5.41, 5.74) is 8.43.